The number of likely N-dealkylation sites (N-methyl/N-ethyl adjacent to an activating group) is 1. The van der Waals surface area contributed by atoms with Crippen LogP contribution in [0.5, 0.6) is 0 Å². The van der Waals surface area contributed by atoms with E-state index in [1.807, 2.05) is 30.3 Å². The van der Waals surface area contributed by atoms with Crippen molar-refractivity contribution in [3.05, 3.63) is 53.5 Å². The highest BCUT2D eigenvalue weighted by atomic mass is 19.4. The summed E-state index contributed by atoms with van der Waals surface area (Å²) in [4.78, 5) is 32.8. The Balaban J connectivity index is 1.30. The summed E-state index contributed by atoms with van der Waals surface area (Å²) in [7, 11) is 1.62. The van der Waals surface area contributed by atoms with E-state index in [1.165, 1.54) is 11.1 Å². The molecule has 2 N–H and O–H groups in total. The molecule has 0 radical (unpaired) electrons. The number of para-hydroxylation sites is 1. The summed E-state index contributed by atoms with van der Waals surface area (Å²) in [5, 5.41) is 7.69. The van der Waals surface area contributed by atoms with Crippen molar-refractivity contribution in [3.63, 3.8) is 0 Å². The molecule has 1 aliphatic heterocycles. The van der Waals surface area contributed by atoms with E-state index in [9.17, 15) is 22.8 Å². The SMILES string of the molecule is CN(C(=O)c1cnn2c1CN(C(=O)c1cc3ccccc3[nH]1)CC2)C1(CNCC(F)(F)F)CC1. The second-order valence-electron chi connectivity index (χ2n) is 9.03. The second kappa shape index (κ2) is 8.15. The summed E-state index contributed by atoms with van der Waals surface area (Å²) >= 11 is 0. The van der Waals surface area contributed by atoms with Gasteiger partial charge in [0.2, 0.25) is 0 Å². The highest BCUT2D eigenvalue weighted by Crippen LogP contribution is 2.41. The number of alkyl halides is 3. The van der Waals surface area contributed by atoms with E-state index < -0.39 is 18.3 Å². The zero-order valence-electron chi connectivity index (χ0n) is 18.7. The fourth-order valence-corrected chi connectivity index (χ4v) is 4.56. The van der Waals surface area contributed by atoms with Crippen LogP contribution in [0.2, 0.25) is 0 Å². The monoisotopic (exact) mass is 474 g/mol. The van der Waals surface area contributed by atoms with Gasteiger partial charge in [-0.3, -0.25) is 14.3 Å². The van der Waals surface area contributed by atoms with Gasteiger partial charge in [0.1, 0.15) is 5.69 Å². The minimum absolute atomic E-state index is 0.0726. The van der Waals surface area contributed by atoms with E-state index in [2.05, 4.69) is 15.4 Å². The molecule has 8 nitrogen and oxygen atoms in total. The van der Waals surface area contributed by atoms with Crippen LogP contribution in [0.25, 0.3) is 10.9 Å². The fourth-order valence-electron chi connectivity index (χ4n) is 4.56. The van der Waals surface area contributed by atoms with Crippen LogP contribution in [0, 0.1) is 0 Å². The van der Waals surface area contributed by atoms with Crippen molar-refractivity contribution >= 4 is 22.7 Å². The number of rotatable bonds is 6. The Labute approximate surface area is 193 Å². The molecule has 2 aromatic heterocycles. The van der Waals surface area contributed by atoms with E-state index in [0.717, 1.165) is 10.9 Å². The number of hydrogen-bond donors (Lipinski definition) is 2. The van der Waals surface area contributed by atoms with Gasteiger partial charge in [0.05, 0.1) is 42.6 Å². The van der Waals surface area contributed by atoms with Gasteiger partial charge in [0.15, 0.2) is 0 Å². The molecule has 2 aliphatic rings. The molecule has 3 aromatic rings. The van der Waals surface area contributed by atoms with Gasteiger partial charge in [-0.05, 0) is 25.0 Å². The van der Waals surface area contributed by atoms with Gasteiger partial charge in [-0.2, -0.15) is 18.3 Å². The zero-order chi connectivity index (χ0) is 24.1. The lowest BCUT2D eigenvalue weighted by Crippen LogP contribution is -2.47. The van der Waals surface area contributed by atoms with Crippen molar-refractivity contribution in [1.82, 2.24) is 29.9 Å². The lowest BCUT2D eigenvalue weighted by molar-refractivity contribution is -0.125. The molecule has 0 atom stereocenters. The normalized spacial score (nSPS) is 17.0. The van der Waals surface area contributed by atoms with Crippen molar-refractivity contribution < 1.29 is 22.8 Å². The van der Waals surface area contributed by atoms with Crippen LogP contribution in [0.4, 0.5) is 13.2 Å². The summed E-state index contributed by atoms with van der Waals surface area (Å²) in [6, 6.07) is 9.45. The molecule has 5 rings (SSSR count). The lowest BCUT2D eigenvalue weighted by Gasteiger charge is -2.31. The Hall–Kier alpha value is -3.34. The lowest BCUT2D eigenvalue weighted by atomic mass is 10.1. The Bertz CT molecular complexity index is 1210. The summed E-state index contributed by atoms with van der Waals surface area (Å²) in [6.45, 7) is 0.116. The number of aromatic nitrogens is 3. The first-order chi connectivity index (χ1) is 16.2. The van der Waals surface area contributed by atoms with E-state index >= 15 is 0 Å². The minimum Gasteiger partial charge on any atom is -0.351 e. The van der Waals surface area contributed by atoms with Crippen molar-refractivity contribution in [2.75, 3.05) is 26.7 Å². The third kappa shape index (κ3) is 4.15. The number of halogens is 3. The molecule has 180 valence electrons. The van der Waals surface area contributed by atoms with Gasteiger partial charge in [-0.25, -0.2) is 0 Å². The Morgan fingerprint density at radius 2 is 2.00 bits per heavy atom. The predicted molar refractivity (Wildman–Crippen MR) is 118 cm³/mol. The summed E-state index contributed by atoms with van der Waals surface area (Å²) in [5.74, 6) is -0.460. The standard InChI is InChI=1S/C23H25F3N6O2/c1-30(22(6-7-22)13-27-14-23(24,25)26)20(33)16-11-28-32-9-8-31(12-19(16)32)21(34)18-10-15-4-2-3-5-17(15)29-18/h2-5,10-11,27,29H,6-9,12-14H2,1H3. The third-order valence-electron chi connectivity index (χ3n) is 6.77. The van der Waals surface area contributed by atoms with Crippen LogP contribution in [-0.2, 0) is 13.1 Å². The van der Waals surface area contributed by atoms with Gasteiger partial charge in [0.25, 0.3) is 11.8 Å². The molecule has 11 heteroatoms. The molecule has 1 aliphatic carbocycles. The van der Waals surface area contributed by atoms with Crippen LogP contribution in [0.15, 0.2) is 36.5 Å². The number of aromatic amines is 1. The Morgan fingerprint density at radius 1 is 1.24 bits per heavy atom. The van der Waals surface area contributed by atoms with E-state index in [-0.39, 0.29) is 24.9 Å². The molecule has 2 amide bonds. The maximum absolute atomic E-state index is 13.3. The number of carbonyl (C=O) groups is 2. The number of benzene rings is 1. The fraction of sp³-hybridized carbons (Fsp3) is 0.435. The number of carbonyl (C=O) groups excluding carboxylic acids is 2. The summed E-state index contributed by atoms with van der Waals surface area (Å²) < 4.78 is 39.3. The van der Waals surface area contributed by atoms with E-state index in [4.69, 9.17) is 0 Å². The highest BCUT2D eigenvalue weighted by Gasteiger charge is 2.49. The van der Waals surface area contributed by atoms with Crippen molar-refractivity contribution in [2.24, 2.45) is 0 Å². The summed E-state index contributed by atoms with van der Waals surface area (Å²) in [6.07, 6.45) is -1.54. The summed E-state index contributed by atoms with van der Waals surface area (Å²) in [5.41, 5.74) is 1.72. The maximum atomic E-state index is 13.3. The van der Waals surface area contributed by atoms with Crippen molar-refractivity contribution in [2.45, 2.75) is 37.6 Å². The largest absolute Gasteiger partial charge is 0.401 e. The first-order valence-corrected chi connectivity index (χ1v) is 11.1. The molecule has 1 saturated carbocycles. The number of amides is 2. The quantitative estimate of drug-likeness (QED) is 0.575. The molecule has 1 fully saturated rings. The number of nitrogens with zero attached hydrogens (tertiary/aromatic N) is 4. The predicted octanol–water partition coefficient (Wildman–Crippen LogP) is 2.78. The topological polar surface area (TPSA) is 86.3 Å². The Morgan fingerprint density at radius 3 is 2.71 bits per heavy atom. The maximum Gasteiger partial charge on any atom is 0.401 e. The van der Waals surface area contributed by atoms with Gasteiger partial charge in [0, 0.05) is 31.0 Å². The van der Waals surface area contributed by atoms with Crippen LogP contribution >= 0.6 is 0 Å². The van der Waals surface area contributed by atoms with Crippen LogP contribution < -0.4 is 5.32 Å². The second-order valence-corrected chi connectivity index (χ2v) is 9.03. The zero-order valence-corrected chi connectivity index (χ0v) is 18.7. The number of hydrogen-bond acceptors (Lipinski definition) is 4. The first kappa shape index (κ1) is 22.5. The van der Waals surface area contributed by atoms with Crippen molar-refractivity contribution in [1.29, 1.82) is 0 Å². The number of fused-ring (bicyclic) bond motifs is 2. The molecule has 0 spiro atoms. The molecule has 34 heavy (non-hydrogen) atoms. The smallest absolute Gasteiger partial charge is 0.351 e. The van der Waals surface area contributed by atoms with Crippen molar-refractivity contribution in [3.8, 4) is 0 Å². The molecular weight excluding hydrogens is 449 g/mol. The molecule has 0 saturated heterocycles. The molecule has 3 heterocycles. The third-order valence-corrected chi connectivity index (χ3v) is 6.77. The molecule has 1 aromatic carbocycles. The average molecular weight is 474 g/mol. The van der Waals surface area contributed by atoms with Gasteiger partial charge >= 0.3 is 6.18 Å². The van der Waals surface area contributed by atoms with Gasteiger partial charge in [-0.15, -0.1) is 0 Å². The van der Waals surface area contributed by atoms with Crippen LogP contribution in [-0.4, -0.2) is 74.8 Å². The van der Waals surface area contributed by atoms with Crippen LogP contribution in [0.3, 0.4) is 0 Å². The first-order valence-electron chi connectivity index (χ1n) is 11.1. The molecule has 0 unspecified atom stereocenters. The van der Waals surface area contributed by atoms with Crippen LogP contribution in [0.1, 0.15) is 39.4 Å². The number of nitrogens with one attached hydrogen (secondary N) is 2. The molecular formula is C23H25F3N6O2. The number of H-pyrrole nitrogens is 1. The van der Waals surface area contributed by atoms with Gasteiger partial charge < -0.3 is 20.1 Å². The molecule has 0 bridgehead atoms. The van der Waals surface area contributed by atoms with E-state index in [0.29, 0.717) is 42.9 Å². The highest BCUT2D eigenvalue weighted by molar-refractivity contribution is 5.99. The Kier molecular flexibility index (Phi) is 5.38. The van der Waals surface area contributed by atoms with E-state index in [1.54, 1.807) is 16.6 Å². The minimum atomic E-state index is -4.30. The van der Waals surface area contributed by atoms with Gasteiger partial charge in [-0.1, -0.05) is 18.2 Å². The average Bonchev–Trinajstić information content (AvgIpc) is 3.28.